The van der Waals surface area contributed by atoms with Crippen LogP contribution in [0.3, 0.4) is 0 Å². The van der Waals surface area contributed by atoms with Gasteiger partial charge in [0.2, 0.25) is 0 Å². The van der Waals surface area contributed by atoms with Gasteiger partial charge in [-0.3, -0.25) is 0 Å². The van der Waals surface area contributed by atoms with Crippen molar-refractivity contribution in [3.63, 3.8) is 0 Å². The zero-order chi connectivity index (χ0) is 14.6. The lowest BCUT2D eigenvalue weighted by molar-refractivity contribution is 0.424. The van der Waals surface area contributed by atoms with Gasteiger partial charge in [0.25, 0.3) is 0 Å². The van der Waals surface area contributed by atoms with Crippen molar-refractivity contribution in [2.75, 3.05) is 18.0 Å². The van der Waals surface area contributed by atoms with Gasteiger partial charge in [-0.2, -0.15) is 0 Å². The molecule has 0 aliphatic carbocycles. The molecule has 1 fully saturated rings. The van der Waals surface area contributed by atoms with Gasteiger partial charge < -0.3 is 10.2 Å². The zero-order valence-corrected chi connectivity index (χ0v) is 13.5. The summed E-state index contributed by atoms with van der Waals surface area (Å²) in [5.74, 6) is 1.19. The third-order valence-electron chi connectivity index (χ3n) is 3.84. The van der Waals surface area contributed by atoms with Crippen molar-refractivity contribution < 1.29 is 0 Å². The largest absolute Gasteiger partial charge is 0.356 e. The molecule has 0 saturated carbocycles. The van der Waals surface area contributed by atoms with E-state index in [2.05, 4.69) is 44.0 Å². The van der Waals surface area contributed by atoms with Crippen LogP contribution in [-0.2, 0) is 6.54 Å². The Balaban J connectivity index is 2.05. The normalized spacial score (nSPS) is 17.1. The molecule has 112 valence electrons. The Hall–Kier alpha value is -1.09. The first-order valence-corrected chi connectivity index (χ1v) is 7.91. The first-order chi connectivity index (χ1) is 9.46. The predicted molar refractivity (Wildman–Crippen MR) is 86.2 cm³/mol. The quantitative estimate of drug-likeness (QED) is 0.912. The fourth-order valence-electron chi connectivity index (χ4n) is 2.70. The smallest absolute Gasteiger partial charge is 0.131 e. The fraction of sp³-hybridized carbons (Fsp3) is 0.706. The summed E-state index contributed by atoms with van der Waals surface area (Å²) in [7, 11) is 0. The summed E-state index contributed by atoms with van der Waals surface area (Å²) >= 11 is 0. The van der Waals surface area contributed by atoms with E-state index in [9.17, 15) is 0 Å². The molecule has 1 aliphatic rings. The summed E-state index contributed by atoms with van der Waals surface area (Å²) < 4.78 is 0. The maximum absolute atomic E-state index is 4.73. The molecule has 1 saturated heterocycles. The number of nitrogens with zero attached hydrogens (tertiary/aromatic N) is 2. The number of hydrogen-bond donors (Lipinski definition) is 1. The van der Waals surface area contributed by atoms with Crippen molar-refractivity contribution in [3.05, 3.63) is 23.4 Å². The number of aryl methyl sites for hydroxylation is 1. The Morgan fingerprint density at radius 3 is 2.35 bits per heavy atom. The van der Waals surface area contributed by atoms with Crippen LogP contribution in [0, 0.1) is 6.92 Å². The highest BCUT2D eigenvalue weighted by Crippen LogP contribution is 2.21. The number of hydrogen-bond acceptors (Lipinski definition) is 3. The fourth-order valence-corrected chi connectivity index (χ4v) is 2.70. The molecular formula is C17H29N3. The van der Waals surface area contributed by atoms with Crippen LogP contribution in [0.15, 0.2) is 12.3 Å². The second-order valence-corrected chi connectivity index (χ2v) is 6.99. The molecule has 0 spiro atoms. The summed E-state index contributed by atoms with van der Waals surface area (Å²) in [6.07, 6.45) is 7.36. The molecule has 1 aromatic heterocycles. The SMILES string of the molecule is Cc1cc(CNC(C)(C)C)cnc1N1CCCCCC1. The lowest BCUT2D eigenvalue weighted by Gasteiger charge is -2.24. The number of aromatic nitrogens is 1. The summed E-state index contributed by atoms with van der Waals surface area (Å²) in [5, 5.41) is 3.52. The van der Waals surface area contributed by atoms with E-state index in [1.165, 1.54) is 42.6 Å². The minimum Gasteiger partial charge on any atom is -0.356 e. The molecule has 0 amide bonds. The Morgan fingerprint density at radius 2 is 1.80 bits per heavy atom. The van der Waals surface area contributed by atoms with E-state index in [-0.39, 0.29) is 5.54 Å². The molecule has 0 unspecified atom stereocenters. The monoisotopic (exact) mass is 275 g/mol. The van der Waals surface area contributed by atoms with Crippen LogP contribution in [0.25, 0.3) is 0 Å². The molecule has 0 aromatic carbocycles. The lowest BCUT2D eigenvalue weighted by atomic mass is 10.1. The molecule has 2 rings (SSSR count). The van der Waals surface area contributed by atoms with Crippen molar-refractivity contribution in [3.8, 4) is 0 Å². The van der Waals surface area contributed by atoms with E-state index in [0.29, 0.717) is 0 Å². The van der Waals surface area contributed by atoms with E-state index in [0.717, 1.165) is 19.6 Å². The van der Waals surface area contributed by atoms with E-state index >= 15 is 0 Å². The number of anilines is 1. The van der Waals surface area contributed by atoms with Crippen LogP contribution < -0.4 is 10.2 Å². The average Bonchev–Trinajstić information content (AvgIpc) is 2.64. The van der Waals surface area contributed by atoms with Gasteiger partial charge >= 0.3 is 0 Å². The third-order valence-corrected chi connectivity index (χ3v) is 3.84. The Bertz CT molecular complexity index is 426. The summed E-state index contributed by atoms with van der Waals surface area (Å²) in [6.45, 7) is 12.0. The van der Waals surface area contributed by atoms with Crippen LogP contribution in [0.1, 0.15) is 57.6 Å². The van der Waals surface area contributed by atoms with E-state index in [4.69, 9.17) is 4.98 Å². The number of pyridine rings is 1. The summed E-state index contributed by atoms with van der Waals surface area (Å²) in [4.78, 5) is 7.19. The van der Waals surface area contributed by atoms with E-state index < -0.39 is 0 Å². The van der Waals surface area contributed by atoms with Crippen molar-refractivity contribution in [1.82, 2.24) is 10.3 Å². The molecule has 3 heteroatoms. The molecule has 2 heterocycles. The molecule has 0 radical (unpaired) electrons. The summed E-state index contributed by atoms with van der Waals surface area (Å²) in [6, 6.07) is 2.28. The van der Waals surface area contributed by atoms with Crippen molar-refractivity contribution in [2.45, 2.75) is 65.5 Å². The van der Waals surface area contributed by atoms with Gasteiger partial charge in [0.15, 0.2) is 0 Å². The maximum Gasteiger partial charge on any atom is 0.131 e. The minimum absolute atomic E-state index is 0.150. The molecular weight excluding hydrogens is 246 g/mol. The first-order valence-electron chi connectivity index (χ1n) is 7.91. The Kier molecular flexibility index (Phi) is 5.03. The predicted octanol–water partition coefficient (Wildman–Crippen LogP) is 3.66. The molecule has 1 N–H and O–H groups in total. The average molecular weight is 275 g/mol. The van der Waals surface area contributed by atoms with Crippen LogP contribution >= 0.6 is 0 Å². The lowest BCUT2D eigenvalue weighted by Crippen LogP contribution is -2.35. The highest BCUT2D eigenvalue weighted by atomic mass is 15.2. The second kappa shape index (κ2) is 6.57. The zero-order valence-electron chi connectivity index (χ0n) is 13.5. The van der Waals surface area contributed by atoms with Crippen molar-refractivity contribution in [2.24, 2.45) is 0 Å². The van der Waals surface area contributed by atoms with Crippen LogP contribution in [-0.4, -0.2) is 23.6 Å². The molecule has 20 heavy (non-hydrogen) atoms. The molecule has 3 nitrogen and oxygen atoms in total. The molecule has 1 aliphatic heterocycles. The van der Waals surface area contributed by atoms with Gasteiger partial charge in [0.05, 0.1) is 0 Å². The standard InChI is InChI=1S/C17H29N3/c1-14-11-15(13-19-17(2,3)4)12-18-16(14)20-9-7-5-6-8-10-20/h11-12,19H,5-10,13H2,1-4H3. The number of nitrogens with one attached hydrogen (secondary N) is 1. The van der Waals surface area contributed by atoms with Gasteiger partial charge in [-0.05, 0) is 57.7 Å². The Morgan fingerprint density at radius 1 is 1.15 bits per heavy atom. The molecule has 0 bridgehead atoms. The highest BCUT2D eigenvalue weighted by Gasteiger charge is 2.14. The van der Waals surface area contributed by atoms with Crippen molar-refractivity contribution in [1.29, 1.82) is 0 Å². The van der Waals surface area contributed by atoms with Crippen molar-refractivity contribution >= 4 is 5.82 Å². The molecule has 0 atom stereocenters. The van der Waals surface area contributed by atoms with E-state index in [1.54, 1.807) is 0 Å². The Labute approximate surface area is 123 Å². The van der Waals surface area contributed by atoms with Gasteiger partial charge in [0, 0.05) is 31.4 Å². The second-order valence-electron chi connectivity index (χ2n) is 6.99. The summed E-state index contributed by atoms with van der Waals surface area (Å²) in [5.41, 5.74) is 2.73. The van der Waals surface area contributed by atoms with Crippen LogP contribution in [0.2, 0.25) is 0 Å². The molecule has 1 aromatic rings. The van der Waals surface area contributed by atoms with E-state index in [1.807, 2.05) is 6.20 Å². The van der Waals surface area contributed by atoms with Gasteiger partial charge in [-0.25, -0.2) is 4.98 Å². The third kappa shape index (κ3) is 4.48. The van der Waals surface area contributed by atoms with Crippen LogP contribution in [0.4, 0.5) is 5.82 Å². The van der Waals surface area contributed by atoms with Gasteiger partial charge in [0.1, 0.15) is 5.82 Å². The van der Waals surface area contributed by atoms with Gasteiger partial charge in [-0.1, -0.05) is 12.8 Å². The first kappa shape index (κ1) is 15.3. The topological polar surface area (TPSA) is 28.2 Å². The minimum atomic E-state index is 0.150. The van der Waals surface area contributed by atoms with Gasteiger partial charge in [-0.15, -0.1) is 0 Å². The maximum atomic E-state index is 4.73. The number of rotatable bonds is 3. The van der Waals surface area contributed by atoms with Crippen LogP contribution in [0.5, 0.6) is 0 Å². The highest BCUT2D eigenvalue weighted by molar-refractivity contribution is 5.47.